The van der Waals surface area contributed by atoms with Crippen LogP contribution in [0.4, 0.5) is 0 Å². The van der Waals surface area contributed by atoms with Crippen molar-refractivity contribution in [2.24, 2.45) is 0 Å². The Bertz CT molecular complexity index is 845. The molecule has 7 heteroatoms. The maximum absolute atomic E-state index is 11.1. The van der Waals surface area contributed by atoms with Gasteiger partial charge in [0.1, 0.15) is 17.2 Å². The van der Waals surface area contributed by atoms with Crippen LogP contribution in [0.15, 0.2) is 42.5 Å². The number of benzene rings is 1. The van der Waals surface area contributed by atoms with Gasteiger partial charge in [0.15, 0.2) is 0 Å². The maximum atomic E-state index is 11.1. The van der Waals surface area contributed by atoms with Crippen molar-refractivity contribution in [2.45, 2.75) is 32.1 Å². The van der Waals surface area contributed by atoms with Crippen molar-refractivity contribution in [3.63, 3.8) is 0 Å². The molecule has 0 unspecified atom stereocenters. The molecule has 2 aromatic rings. The first-order valence-electron chi connectivity index (χ1n) is 9.38. The van der Waals surface area contributed by atoms with Crippen LogP contribution in [0.3, 0.4) is 0 Å². The van der Waals surface area contributed by atoms with Crippen LogP contribution in [0.2, 0.25) is 0 Å². The number of hydrogen-bond donors (Lipinski definition) is 2. The number of aryl methyl sites for hydroxylation is 1. The normalized spacial score (nSPS) is 10.8. The number of allylic oxidation sites excluding steroid dienone is 1. The van der Waals surface area contributed by atoms with E-state index in [9.17, 15) is 9.59 Å². The molecule has 0 aliphatic heterocycles. The molecule has 2 N–H and O–H groups in total. The summed E-state index contributed by atoms with van der Waals surface area (Å²) >= 11 is 0. The van der Waals surface area contributed by atoms with E-state index < -0.39 is 11.9 Å². The number of unbranched alkanes of at least 4 members (excludes halogenated alkanes) is 2. The Kier molecular flexibility index (Phi) is 8.69. The molecule has 0 aliphatic carbocycles. The summed E-state index contributed by atoms with van der Waals surface area (Å²) in [6.45, 7) is 0.449. The number of methoxy groups -OCH3 is 1. The second-order valence-electron chi connectivity index (χ2n) is 6.36. The minimum absolute atomic E-state index is 0.121. The number of aliphatic carboxylic acids is 1. The van der Waals surface area contributed by atoms with Crippen LogP contribution >= 0.6 is 0 Å². The van der Waals surface area contributed by atoms with Crippen molar-refractivity contribution in [1.29, 1.82) is 0 Å². The van der Waals surface area contributed by atoms with Gasteiger partial charge in [-0.1, -0.05) is 24.3 Å². The third-order valence-electron chi connectivity index (χ3n) is 4.18. The number of carbonyl (C=O) groups is 2. The van der Waals surface area contributed by atoms with E-state index in [1.807, 2.05) is 24.3 Å². The van der Waals surface area contributed by atoms with Crippen molar-refractivity contribution in [2.75, 3.05) is 13.7 Å². The fraction of sp³-hybridized carbons (Fsp3) is 0.318. The molecular formula is C22H25NO6. The maximum Gasteiger partial charge on any atom is 0.354 e. The van der Waals surface area contributed by atoms with Gasteiger partial charge in [0.25, 0.3) is 0 Å². The lowest BCUT2D eigenvalue weighted by Gasteiger charge is -2.11. The third kappa shape index (κ3) is 7.65. The zero-order valence-electron chi connectivity index (χ0n) is 16.3. The van der Waals surface area contributed by atoms with Gasteiger partial charge in [-0.2, -0.15) is 0 Å². The van der Waals surface area contributed by atoms with Crippen LogP contribution in [0.5, 0.6) is 11.5 Å². The van der Waals surface area contributed by atoms with Crippen LogP contribution < -0.4 is 9.47 Å². The van der Waals surface area contributed by atoms with Crippen molar-refractivity contribution < 1.29 is 29.3 Å². The minimum atomic E-state index is -1.16. The molecule has 0 saturated carbocycles. The largest absolute Gasteiger partial charge is 0.497 e. The molecule has 0 amide bonds. The van der Waals surface area contributed by atoms with E-state index in [2.05, 4.69) is 17.1 Å². The van der Waals surface area contributed by atoms with Gasteiger partial charge < -0.3 is 19.7 Å². The summed E-state index contributed by atoms with van der Waals surface area (Å²) in [4.78, 5) is 25.9. The molecule has 29 heavy (non-hydrogen) atoms. The van der Waals surface area contributed by atoms with Gasteiger partial charge in [-0.15, -0.1) is 0 Å². The third-order valence-corrected chi connectivity index (χ3v) is 4.18. The summed E-state index contributed by atoms with van der Waals surface area (Å²) in [6, 6.07) is 10.7. The predicted molar refractivity (Wildman–Crippen MR) is 109 cm³/mol. The molecule has 0 bridgehead atoms. The Morgan fingerprint density at radius 3 is 2.48 bits per heavy atom. The second kappa shape index (κ2) is 11.5. The smallest absolute Gasteiger partial charge is 0.354 e. The summed E-state index contributed by atoms with van der Waals surface area (Å²) < 4.78 is 10.8. The number of hydrogen-bond acceptors (Lipinski definition) is 5. The van der Waals surface area contributed by atoms with Gasteiger partial charge in [0.2, 0.25) is 0 Å². The van der Waals surface area contributed by atoms with Gasteiger partial charge in [-0.3, -0.25) is 4.79 Å². The highest BCUT2D eigenvalue weighted by molar-refractivity contribution is 5.85. The van der Waals surface area contributed by atoms with Gasteiger partial charge in [-0.05, 0) is 49.1 Å². The second-order valence-corrected chi connectivity index (χ2v) is 6.36. The van der Waals surface area contributed by atoms with Gasteiger partial charge >= 0.3 is 11.9 Å². The van der Waals surface area contributed by atoms with E-state index in [0.29, 0.717) is 18.1 Å². The van der Waals surface area contributed by atoms with Gasteiger partial charge in [0.05, 0.1) is 25.8 Å². The van der Waals surface area contributed by atoms with E-state index in [4.69, 9.17) is 19.7 Å². The van der Waals surface area contributed by atoms with E-state index in [-0.39, 0.29) is 18.5 Å². The lowest BCUT2D eigenvalue weighted by molar-refractivity contribution is -0.136. The monoisotopic (exact) mass is 399 g/mol. The summed E-state index contributed by atoms with van der Waals surface area (Å²) in [7, 11) is 1.64. The highest BCUT2D eigenvalue weighted by Gasteiger charge is 2.12. The lowest BCUT2D eigenvalue weighted by atomic mass is 10.1. The van der Waals surface area contributed by atoms with Crippen LogP contribution in [0.25, 0.3) is 6.08 Å². The van der Waals surface area contributed by atoms with Crippen molar-refractivity contribution in [3.05, 3.63) is 59.4 Å². The molecule has 0 spiro atoms. The van der Waals surface area contributed by atoms with Crippen LogP contribution in [-0.4, -0.2) is 40.9 Å². The molecular weight excluding hydrogens is 374 g/mol. The Morgan fingerprint density at radius 2 is 1.83 bits per heavy atom. The number of rotatable bonds is 12. The standard InChI is InChI=1S/C22H25NO6/c1-28-17-9-7-16(8-10-17)6-4-2-3-5-15-29-20-13-11-19(22(26)27)23-18(20)12-14-21(24)25/h4,6-11,13H,2-3,5,12,14-15H2,1H3,(H,24,25)(H,26,27). The number of carboxylic acids is 2. The van der Waals surface area contributed by atoms with Gasteiger partial charge in [-0.25, -0.2) is 9.78 Å². The number of aromatic carboxylic acids is 1. The minimum Gasteiger partial charge on any atom is -0.497 e. The molecule has 0 atom stereocenters. The summed E-state index contributed by atoms with van der Waals surface area (Å²) in [5.41, 5.74) is 1.34. The summed E-state index contributed by atoms with van der Waals surface area (Å²) in [6.07, 6.45) is 6.78. The topological polar surface area (TPSA) is 106 Å². The van der Waals surface area contributed by atoms with E-state index in [0.717, 1.165) is 30.6 Å². The van der Waals surface area contributed by atoms with E-state index >= 15 is 0 Å². The highest BCUT2D eigenvalue weighted by atomic mass is 16.5. The number of pyridine rings is 1. The number of nitrogens with zero attached hydrogens (tertiary/aromatic N) is 1. The zero-order valence-corrected chi connectivity index (χ0v) is 16.3. The van der Waals surface area contributed by atoms with Gasteiger partial charge in [0, 0.05) is 6.42 Å². The van der Waals surface area contributed by atoms with Crippen LogP contribution in [-0.2, 0) is 11.2 Å². The van der Waals surface area contributed by atoms with Crippen molar-refractivity contribution >= 4 is 18.0 Å². The predicted octanol–water partition coefficient (Wildman–Crippen LogP) is 4.07. The number of ether oxygens (including phenoxy) is 2. The average molecular weight is 399 g/mol. The molecule has 1 heterocycles. The lowest BCUT2D eigenvalue weighted by Crippen LogP contribution is -2.08. The Morgan fingerprint density at radius 1 is 1.07 bits per heavy atom. The first kappa shape index (κ1) is 21.9. The zero-order chi connectivity index (χ0) is 21.1. The first-order valence-corrected chi connectivity index (χ1v) is 9.38. The van der Waals surface area contributed by atoms with E-state index in [1.165, 1.54) is 12.1 Å². The molecule has 1 aromatic carbocycles. The Labute approximate surface area is 169 Å². The van der Waals surface area contributed by atoms with Crippen molar-refractivity contribution in [3.8, 4) is 11.5 Å². The molecule has 7 nitrogen and oxygen atoms in total. The molecule has 0 saturated heterocycles. The fourth-order valence-electron chi connectivity index (χ4n) is 2.62. The molecule has 0 aliphatic rings. The average Bonchev–Trinajstić information content (AvgIpc) is 2.72. The molecule has 154 valence electrons. The molecule has 0 radical (unpaired) electrons. The number of carboxylic acid groups (broad SMARTS) is 2. The first-order chi connectivity index (χ1) is 14.0. The Hall–Kier alpha value is -3.35. The Balaban J connectivity index is 1.79. The van der Waals surface area contributed by atoms with Crippen LogP contribution in [0.1, 0.15) is 47.4 Å². The summed E-state index contributed by atoms with van der Waals surface area (Å²) in [5.74, 6) is -0.864. The molecule has 1 aromatic heterocycles. The number of aromatic nitrogens is 1. The summed E-state index contributed by atoms with van der Waals surface area (Å²) in [5, 5.41) is 17.9. The SMILES string of the molecule is COc1ccc(C=CCCCCOc2ccc(C(=O)O)nc2CCC(=O)O)cc1. The van der Waals surface area contributed by atoms with Crippen molar-refractivity contribution in [1.82, 2.24) is 4.98 Å². The van der Waals surface area contributed by atoms with E-state index in [1.54, 1.807) is 7.11 Å². The highest BCUT2D eigenvalue weighted by Crippen LogP contribution is 2.20. The molecule has 2 rings (SSSR count). The molecule has 0 fully saturated rings. The van der Waals surface area contributed by atoms with Crippen LogP contribution in [0, 0.1) is 0 Å². The fourth-order valence-corrected chi connectivity index (χ4v) is 2.62. The quantitative estimate of drug-likeness (QED) is 0.518.